The molecule has 1 saturated carbocycles. The van der Waals surface area contributed by atoms with Gasteiger partial charge in [0.25, 0.3) is 0 Å². The second kappa shape index (κ2) is 14.1. The molecule has 4 nitrogen and oxygen atoms in total. The molecule has 5 heteroatoms. The van der Waals surface area contributed by atoms with Crippen LogP contribution in [0, 0.1) is 0 Å². The van der Waals surface area contributed by atoms with Crippen molar-refractivity contribution in [2.24, 2.45) is 0 Å². The second-order valence-electron chi connectivity index (χ2n) is 10.9. The van der Waals surface area contributed by atoms with E-state index in [2.05, 4.69) is 29.6 Å². The van der Waals surface area contributed by atoms with Crippen LogP contribution < -0.4 is 5.32 Å². The Labute approximate surface area is 248 Å². The van der Waals surface area contributed by atoms with Crippen molar-refractivity contribution >= 4 is 23.4 Å². The van der Waals surface area contributed by atoms with E-state index >= 15 is 0 Å². The van der Waals surface area contributed by atoms with E-state index in [0.29, 0.717) is 11.4 Å². The number of amides is 2. The molecule has 0 aliphatic heterocycles. The molecule has 0 aromatic heterocycles. The summed E-state index contributed by atoms with van der Waals surface area (Å²) in [4.78, 5) is 30.3. The summed E-state index contributed by atoms with van der Waals surface area (Å²) < 4.78 is 0. The van der Waals surface area contributed by atoms with Gasteiger partial charge in [0.2, 0.25) is 11.8 Å². The van der Waals surface area contributed by atoms with Gasteiger partial charge in [-0.05, 0) is 41.2 Å². The molecule has 0 saturated heterocycles. The molecule has 2 amide bonds. The summed E-state index contributed by atoms with van der Waals surface area (Å²) in [6, 6.07) is 37.3. The van der Waals surface area contributed by atoms with E-state index in [9.17, 15) is 9.59 Å². The molecule has 1 aliphatic carbocycles. The average Bonchev–Trinajstić information content (AvgIpc) is 3.53. The molecule has 0 spiro atoms. The third kappa shape index (κ3) is 7.65. The lowest BCUT2D eigenvalue weighted by atomic mass is 9.87. The van der Waals surface area contributed by atoms with Gasteiger partial charge in [0.1, 0.15) is 6.04 Å². The Morgan fingerprint density at radius 3 is 1.88 bits per heavy atom. The minimum absolute atomic E-state index is 0.0786. The molecule has 41 heavy (non-hydrogen) atoms. The van der Waals surface area contributed by atoms with Gasteiger partial charge in [-0.15, -0.1) is 0 Å². The van der Waals surface area contributed by atoms with Gasteiger partial charge in [0.05, 0.1) is 0 Å². The predicted octanol–water partition coefficient (Wildman–Crippen LogP) is 7.56. The maximum absolute atomic E-state index is 14.5. The van der Waals surface area contributed by atoms with Gasteiger partial charge < -0.3 is 10.2 Å². The Morgan fingerprint density at radius 2 is 1.29 bits per heavy atom. The van der Waals surface area contributed by atoms with Crippen molar-refractivity contribution in [2.45, 2.75) is 63.1 Å². The van der Waals surface area contributed by atoms with Gasteiger partial charge in [0, 0.05) is 36.4 Å². The number of nitrogens with one attached hydrogen (secondary N) is 1. The Hall–Kier alpha value is -3.89. The highest BCUT2D eigenvalue weighted by molar-refractivity contribution is 6.31. The molecule has 1 fully saturated rings. The van der Waals surface area contributed by atoms with Crippen LogP contribution in [0.4, 0.5) is 0 Å². The number of carbonyl (C=O) groups is 2. The van der Waals surface area contributed by atoms with E-state index in [4.69, 9.17) is 11.6 Å². The largest absolute Gasteiger partial charge is 0.352 e. The first kappa shape index (κ1) is 28.6. The highest BCUT2D eigenvalue weighted by Gasteiger charge is 2.34. The Kier molecular flexibility index (Phi) is 9.87. The van der Waals surface area contributed by atoms with Crippen LogP contribution >= 0.6 is 11.6 Å². The van der Waals surface area contributed by atoms with Gasteiger partial charge >= 0.3 is 0 Å². The molecule has 5 rings (SSSR count). The van der Waals surface area contributed by atoms with Crippen LogP contribution in [0.1, 0.15) is 60.3 Å². The van der Waals surface area contributed by atoms with Crippen LogP contribution in [0.5, 0.6) is 0 Å². The number of benzene rings is 4. The van der Waals surface area contributed by atoms with E-state index in [1.165, 1.54) is 0 Å². The van der Waals surface area contributed by atoms with Crippen LogP contribution in [0.25, 0.3) is 0 Å². The van der Waals surface area contributed by atoms with E-state index in [-0.39, 0.29) is 36.7 Å². The zero-order valence-electron chi connectivity index (χ0n) is 23.3. The first-order valence-electron chi connectivity index (χ1n) is 14.6. The number of halogens is 1. The summed E-state index contributed by atoms with van der Waals surface area (Å²) in [5.41, 5.74) is 3.98. The summed E-state index contributed by atoms with van der Waals surface area (Å²) in [6.45, 7) is 0.254. The van der Waals surface area contributed by atoms with E-state index < -0.39 is 6.04 Å². The molecular formula is C36H37ClN2O2. The fourth-order valence-electron chi connectivity index (χ4n) is 5.82. The zero-order valence-corrected chi connectivity index (χ0v) is 24.0. The van der Waals surface area contributed by atoms with Crippen LogP contribution in [0.2, 0.25) is 5.02 Å². The number of hydrogen-bond donors (Lipinski definition) is 1. The maximum Gasteiger partial charge on any atom is 0.243 e. The van der Waals surface area contributed by atoms with Gasteiger partial charge in [-0.3, -0.25) is 9.59 Å². The third-order valence-electron chi connectivity index (χ3n) is 8.05. The normalized spacial score (nSPS) is 14.1. The summed E-state index contributed by atoms with van der Waals surface area (Å²) in [7, 11) is 0. The molecule has 0 unspecified atom stereocenters. The molecule has 1 aliphatic rings. The highest BCUT2D eigenvalue weighted by atomic mass is 35.5. The monoisotopic (exact) mass is 564 g/mol. The lowest BCUT2D eigenvalue weighted by Crippen LogP contribution is -2.52. The second-order valence-corrected chi connectivity index (χ2v) is 11.3. The van der Waals surface area contributed by atoms with Crippen LogP contribution in [0.15, 0.2) is 115 Å². The zero-order chi connectivity index (χ0) is 28.4. The summed E-state index contributed by atoms with van der Waals surface area (Å²) in [6.07, 6.45) is 4.86. The molecule has 0 bridgehead atoms. The Balaban J connectivity index is 1.52. The minimum atomic E-state index is -0.672. The fourth-order valence-corrected chi connectivity index (χ4v) is 6.02. The lowest BCUT2D eigenvalue weighted by Gasteiger charge is -2.34. The van der Waals surface area contributed by atoms with Crippen molar-refractivity contribution in [3.63, 3.8) is 0 Å². The standard InChI is InChI=1S/C36H37ClN2O2/c37-33-23-13-10-20-30(33)26-39(34(24-27-14-4-1-5-15-27)36(41)38-31-21-11-12-22-31)35(40)25-32(28-16-6-2-7-17-28)29-18-8-3-9-19-29/h1-10,13-20,23,31-32,34H,11-12,21-22,24-26H2,(H,38,41)/t34-/m0/s1. The molecule has 0 radical (unpaired) electrons. The quantitative estimate of drug-likeness (QED) is 0.204. The van der Waals surface area contributed by atoms with Crippen LogP contribution in [-0.2, 0) is 22.6 Å². The smallest absolute Gasteiger partial charge is 0.243 e. The molecule has 4 aromatic carbocycles. The molecule has 0 heterocycles. The van der Waals surface area contributed by atoms with E-state index in [1.54, 1.807) is 4.90 Å². The van der Waals surface area contributed by atoms with Crippen molar-refractivity contribution in [3.8, 4) is 0 Å². The minimum Gasteiger partial charge on any atom is -0.352 e. The van der Waals surface area contributed by atoms with E-state index in [1.807, 2.05) is 91.0 Å². The summed E-state index contributed by atoms with van der Waals surface area (Å²) >= 11 is 6.61. The first-order valence-corrected chi connectivity index (χ1v) is 14.9. The molecule has 1 atom stereocenters. The van der Waals surface area contributed by atoms with Crippen molar-refractivity contribution < 1.29 is 9.59 Å². The van der Waals surface area contributed by atoms with Crippen molar-refractivity contribution in [3.05, 3.63) is 143 Å². The number of nitrogens with zero attached hydrogens (tertiary/aromatic N) is 1. The number of rotatable bonds is 11. The predicted molar refractivity (Wildman–Crippen MR) is 166 cm³/mol. The SMILES string of the molecule is O=C(NC1CCCC1)[C@H](Cc1ccccc1)N(Cc1ccccc1Cl)C(=O)CC(c1ccccc1)c1ccccc1. The molecule has 4 aromatic rings. The third-order valence-corrected chi connectivity index (χ3v) is 8.42. The van der Waals surface area contributed by atoms with Crippen molar-refractivity contribution in [1.29, 1.82) is 0 Å². The maximum atomic E-state index is 14.5. The fraction of sp³-hybridized carbons (Fsp3) is 0.278. The van der Waals surface area contributed by atoms with Gasteiger partial charge in [-0.2, -0.15) is 0 Å². The first-order chi connectivity index (χ1) is 20.1. The van der Waals surface area contributed by atoms with Crippen LogP contribution in [0.3, 0.4) is 0 Å². The van der Waals surface area contributed by atoms with Gasteiger partial charge in [-0.1, -0.05) is 134 Å². The highest BCUT2D eigenvalue weighted by Crippen LogP contribution is 2.30. The topological polar surface area (TPSA) is 49.4 Å². The van der Waals surface area contributed by atoms with E-state index in [0.717, 1.165) is 47.9 Å². The molecule has 210 valence electrons. The number of hydrogen-bond acceptors (Lipinski definition) is 2. The Morgan fingerprint density at radius 1 is 0.756 bits per heavy atom. The lowest BCUT2D eigenvalue weighted by molar-refractivity contribution is -0.141. The van der Waals surface area contributed by atoms with Gasteiger partial charge in [-0.25, -0.2) is 0 Å². The van der Waals surface area contributed by atoms with Crippen molar-refractivity contribution in [1.82, 2.24) is 10.2 Å². The average molecular weight is 565 g/mol. The molecule has 1 N–H and O–H groups in total. The van der Waals surface area contributed by atoms with Crippen LogP contribution in [-0.4, -0.2) is 28.8 Å². The number of carbonyl (C=O) groups excluding carboxylic acids is 2. The summed E-state index contributed by atoms with van der Waals surface area (Å²) in [5, 5.41) is 3.87. The van der Waals surface area contributed by atoms with Crippen molar-refractivity contribution in [2.75, 3.05) is 0 Å². The van der Waals surface area contributed by atoms with Gasteiger partial charge in [0.15, 0.2) is 0 Å². The molecular weight excluding hydrogens is 528 g/mol. The Bertz CT molecular complexity index is 1370. The summed E-state index contributed by atoms with van der Waals surface area (Å²) in [5.74, 6) is -0.323.